The van der Waals surface area contributed by atoms with Crippen molar-refractivity contribution in [3.63, 3.8) is 0 Å². The maximum atomic E-state index is 11.4. The molecule has 0 aliphatic carbocycles. The molecular formula is C11H19NO3. The summed E-state index contributed by atoms with van der Waals surface area (Å²) in [5, 5.41) is 8.79. The van der Waals surface area contributed by atoms with Gasteiger partial charge in [0, 0.05) is 32.0 Å². The lowest BCUT2D eigenvalue weighted by molar-refractivity contribution is -0.142. The average molecular weight is 213 g/mol. The molecule has 1 saturated heterocycles. The highest BCUT2D eigenvalue weighted by Crippen LogP contribution is 2.17. The molecule has 1 fully saturated rings. The monoisotopic (exact) mass is 213 g/mol. The van der Waals surface area contributed by atoms with Crippen LogP contribution in [0.5, 0.6) is 0 Å². The van der Waals surface area contributed by atoms with Crippen molar-refractivity contribution in [2.75, 3.05) is 19.6 Å². The number of Topliss-reactive ketones (excluding diaryl/α,β-unsaturated/α-hetero) is 1. The molecule has 0 aromatic heterocycles. The molecule has 86 valence electrons. The Hall–Kier alpha value is -0.900. The van der Waals surface area contributed by atoms with Crippen LogP contribution in [0.25, 0.3) is 0 Å². The van der Waals surface area contributed by atoms with Gasteiger partial charge in [-0.15, -0.1) is 0 Å². The van der Waals surface area contributed by atoms with Gasteiger partial charge in [0.1, 0.15) is 5.78 Å². The van der Waals surface area contributed by atoms with Crippen LogP contribution in [0.3, 0.4) is 0 Å². The van der Waals surface area contributed by atoms with Gasteiger partial charge in [-0.25, -0.2) is 0 Å². The van der Waals surface area contributed by atoms with Crippen molar-refractivity contribution in [1.29, 1.82) is 0 Å². The van der Waals surface area contributed by atoms with Gasteiger partial charge < -0.3 is 10.0 Å². The highest BCUT2D eigenvalue weighted by molar-refractivity contribution is 5.82. The molecule has 1 aliphatic heterocycles. The number of carboxylic acid groups (broad SMARTS) is 1. The zero-order chi connectivity index (χ0) is 11.4. The topological polar surface area (TPSA) is 57.6 Å². The Morgan fingerprint density at radius 2 is 2.33 bits per heavy atom. The van der Waals surface area contributed by atoms with Crippen LogP contribution in [0.1, 0.15) is 26.7 Å². The highest BCUT2D eigenvalue weighted by Gasteiger charge is 2.27. The van der Waals surface area contributed by atoms with Crippen LogP contribution in [0.15, 0.2) is 0 Å². The molecule has 0 spiro atoms. The minimum atomic E-state index is -0.764. The first-order valence-corrected chi connectivity index (χ1v) is 5.52. The van der Waals surface area contributed by atoms with Crippen molar-refractivity contribution in [2.45, 2.75) is 26.7 Å². The van der Waals surface area contributed by atoms with Crippen molar-refractivity contribution < 1.29 is 14.7 Å². The van der Waals surface area contributed by atoms with Gasteiger partial charge in [0.05, 0.1) is 5.92 Å². The van der Waals surface area contributed by atoms with Crippen LogP contribution in [0.2, 0.25) is 0 Å². The third-order valence-corrected chi connectivity index (χ3v) is 3.05. The molecule has 0 radical (unpaired) electrons. The summed E-state index contributed by atoms with van der Waals surface area (Å²) in [6, 6.07) is 0. The van der Waals surface area contributed by atoms with E-state index in [4.69, 9.17) is 5.11 Å². The standard InChI is InChI=1S/C11H19NO3/c1-3-9-7-12(5-4-10(9)13)6-8(2)11(14)15/h8-9H,3-7H2,1-2H3,(H,14,15). The molecule has 15 heavy (non-hydrogen) atoms. The Morgan fingerprint density at radius 3 is 2.87 bits per heavy atom. The highest BCUT2D eigenvalue weighted by atomic mass is 16.4. The first kappa shape index (κ1) is 12.2. The molecular weight excluding hydrogens is 194 g/mol. The van der Waals surface area contributed by atoms with Gasteiger partial charge in [0.25, 0.3) is 0 Å². The van der Waals surface area contributed by atoms with Gasteiger partial charge in [0.15, 0.2) is 0 Å². The maximum Gasteiger partial charge on any atom is 0.307 e. The van der Waals surface area contributed by atoms with E-state index in [0.29, 0.717) is 25.3 Å². The van der Waals surface area contributed by atoms with E-state index in [1.165, 1.54) is 0 Å². The van der Waals surface area contributed by atoms with Gasteiger partial charge in [0.2, 0.25) is 0 Å². The van der Waals surface area contributed by atoms with Crippen molar-refractivity contribution in [3.8, 4) is 0 Å². The largest absolute Gasteiger partial charge is 0.481 e. The number of ketones is 1. The summed E-state index contributed by atoms with van der Waals surface area (Å²) in [4.78, 5) is 24.2. The second kappa shape index (κ2) is 5.26. The molecule has 1 N–H and O–H groups in total. The summed E-state index contributed by atoms with van der Waals surface area (Å²) in [5.41, 5.74) is 0. The van der Waals surface area contributed by atoms with E-state index in [2.05, 4.69) is 4.90 Å². The predicted molar refractivity (Wildman–Crippen MR) is 56.6 cm³/mol. The molecule has 4 heteroatoms. The lowest BCUT2D eigenvalue weighted by Gasteiger charge is -2.32. The fraction of sp³-hybridized carbons (Fsp3) is 0.818. The van der Waals surface area contributed by atoms with E-state index < -0.39 is 5.97 Å². The minimum absolute atomic E-state index is 0.111. The van der Waals surface area contributed by atoms with Crippen LogP contribution >= 0.6 is 0 Å². The molecule has 0 saturated carbocycles. The number of carboxylic acids is 1. The van der Waals surface area contributed by atoms with Gasteiger partial charge >= 0.3 is 5.97 Å². The zero-order valence-electron chi connectivity index (χ0n) is 9.40. The molecule has 1 heterocycles. The maximum absolute atomic E-state index is 11.4. The number of carbonyl (C=O) groups is 2. The number of aliphatic carboxylic acids is 1. The Morgan fingerprint density at radius 1 is 1.67 bits per heavy atom. The average Bonchev–Trinajstić information content (AvgIpc) is 2.20. The summed E-state index contributed by atoms with van der Waals surface area (Å²) in [6.45, 7) is 5.71. The van der Waals surface area contributed by atoms with E-state index in [1.54, 1.807) is 6.92 Å². The lowest BCUT2D eigenvalue weighted by Crippen LogP contribution is -2.43. The van der Waals surface area contributed by atoms with Crippen LogP contribution in [0, 0.1) is 11.8 Å². The zero-order valence-corrected chi connectivity index (χ0v) is 9.40. The van der Waals surface area contributed by atoms with E-state index >= 15 is 0 Å². The normalized spacial score (nSPS) is 25.2. The van der Waals surface area contributed by atoms with Crippen LogP contribution in [-0.4, -0.2) is 41.4 Å². The Bertz CT molecular complexity index is 250. The Balaban J connectivity index is 2.44. The fourth-order valence-corrected chi connectivity index (χ4v) is 1.97. The van der Waals surface area contributed by atoms with E-state index in [0.717, 1.165) is 13.0 Å². The molecule has 0 aromatic rings. The number of likely N-dealkylation sites (tertiary alicyclic amines) is 1. The third-order valence-electron chi connectivity index (χ3n) is 3.05. The van der Waals surface area contributed by atoms with Crippen molar-refractivity contribution >= 4 is 11.8 Å². The third kappa shape index (κ3) is 3.30. The van der Waals surface area contributed by atoms with E-state index in [-0.39, 0.29) is 11.8 Å². The molecule has 2 unspecified atom stereocenters. The molecule has 4 nitrogen and oxygen atoms in total. The van der Waals surface area contributed by atoms with Crippen molar-refractivity contribution in [3.05, 3.63) is 0 Å². The van der Waals surface area contributed by atoms with Crippen molar-refractivity contribution in [2.24, 2.45) is 11.8 Å². The Labute approximate surface area is 90.3 Å². The number of rotatable bonds is 4. The molecule has 0 amide bonds. The number of hydrogen-bond acceptors (Lipinski definition) is 3. The molecule has 1 aliphatic rings. The first-order chi connectivity index (χ1) is 7.04. The minimum Gasteiger partial charge on any atom is -0.481 e. The van der Waals surface area contributed by atoms with Crippen LogP contribution in [0.4, 0.5) is 0 Å². The SMILES string of the molecule is CCC1CN(CC(C)C(=O)O)CCC1=O. The number of piperidine rings is 1. The molecule has 0 bridgehead atoms. The smallest absolute Gasteiger partial charge is 0.307 e. The summed E-state index contributed by atoms with van der Waals surface area (Å²) < 4.78 is 0. The molecule has 0 aromatic carbocycles. The summed E-state index contributed by atoms with van der Waals surface area (Å²) >= 11 is 0. The number of carbonyl (C=O) groups excluding carboxylic acids is 1. The summed E-state index contributed by atoms with van der Waals surface area (Å²) in [5.74, 6) is -0.674. The molecule has 1 rings (SSSR count). The van der Waals surface area contributed by atoms with Crippen LogP contribution in [-0.2, 0) is 9.59 Å². The predicted octanol–water partition coefficient (Wildman–Crippen LogP) is 1.01. The Kier molecular flexibility index (Phi) is 4.27. The second-order valence-electron chi connectivity index (χ2n) is 4.32. The lowest BCUT2D eigenvalue weighted by atomic mass is 9.93. The molecule has 2 atom stereocenters. The van der Waals surface area contributed by atoms with E-state index in [1.807, 2.05) is 6.92 Å². The quantitative estimate of drug-likeness (QED) is 0.757. The van der Waals surface area contributed by atoms with Gasteiger partial charge in [-0.2, -0.15) is 0 Å². The van der Waals surface area contributed by atoms with Gasteiger partial charge in [-0.3, -0.25) is 9.59 Å². The van der Waals surface area contributed by atoms with Crippen LogP contribution < -0.4 is 0 Å². The summed E-state index contributed by atoms with van der Waals surface area (Å²) in [7, 11) is 0. The fourth-order valence-electron chi connectivity index (χ4n) is 1.97. The number of hydrogen-bond donors (Lipinski definition) is 1. The summed E-state index contributed by atoms with van der Waals surface area (Å²) in [6.07, 6.45) is 1.43. The first-order valence-electron chi connectivity index (χ1n) is 5.52. The van der Waals surface area contributed by atoms with E-state index in [9.17, 15) is 9.59 Å². The second-order valence-corrected chi connectivity index (χ2v) is 4.32. The van der Waals surface area contributed by atoms with Gasteiger partial charge in [-0.05, 0) is 6.42 Å². The van der Waals surface area contributed by atoms with Crippen molar-refractivity contribution in [1.82, 2.24) is 4.90 Å². The van der Waals surface area contributed by atoms with Gasteiger partial charge in [-0.1, -0.05) is 13.8 Å². The number of nitrogens with zero attached hydrogens (tertiary/aromatic N) is 1.